The van der Waals surface area contributed by atoms with Crippen molar-refractivity contribution in [1.29, 1.82) is 0 Å². The average molecular weight is 406 g/mol. The van der Waals surface area contributed by atoms with Crippen LogP contribution in [0.4, 0.5) is 5.88 Å². The number of methoxy groups -OCH3 is 1. The Kier molecular flexibility index (Phi) is 7.34. The van der Waals surface area contributed by atoms with Crippen LogP contribution in [0.3, 0.4) is 0 Å². The summed E-state index contributed by atoms with van der Waals surface area (Å²) < 4.78 is 10.2. The lowest BCUT2D eigenvalue weighted by Crippen LogP contribution is -2.23. The number of nitrogens with zero attached hydrogens (tertiary/aromatic N) is 2. The number of guanidine groups is 1. The third kappa shape index (κ3) is 5.78. The van der Waals surface area contributed by atoms with Crippen molar-refractivity contribution >= 4 is 17.6 Å². The molecule has 0 fully saturated rings. The summed E-state index contributed by atoms with van der Waals surface area (Å²) in [6.45, 7) is 3.05. The van der Waals surface area contributed by atoms with Crippen molar-refractivity contribution in [2.24, 2.45) is 10.7 Å². The highest BCUT2D eigenvalue weighted by molar-refractivity contribution is 6.09. The Morgan fingerprint density at radius 3 is 2.70 bits per heavy atom. The molecule has 0 amide bonds. The van der Waals surface area contributed by atoms with Gasteiger partial charge in [-0.15, -0.1) is 0 Å². The van der Waals surface area contributed by atoms with Gasteiger partial charge < -0.3 is 15.0 Å². The number of nitrogens with one attached hydrogen (secondary N) is 1. The molecule has 1 heterocycles. The molecule has 3 rings (SSSR count). The van der Waals surface area contributed by atoms with Gasteiger partial charge >= 0.3 is 0 Å². The zero-order valence-corrected chi connectivity index (χ0v) is 17.2. The molecule has 7 heteroatoms. The molecular formula is C23H26N4O3. The fourth-order valence-electron chi connectivity index (χ4n) is 3.06. The second kappa shape index (κ2) is 10.4. The second-order valence-electron chi connectivity index (χ2n) is 6.99. The summed E-state index contributed by atoms with van der Waals surface area (Å²) >= 11 is 0. The number of aliphatic imine (C=N–C) groups is 1. The molecule has 0 spiro atoms. The van der Waals surface area contributed by atoms with Crippen molar-refractivity contribution in [3.8, 4) is 0 Å². The first kappa shape index (κ1) is 21.3. The van der Waals surface area contributed by atoms with Crippen molar-refractivity contribution in [3.05, 3.63) is 83.0 Å². The Labute approximate surface area is 175 Å². The first-order valence-electron chi connectivity index (χ1n) is 9.78. The number of hydrogen-bond donors (Lipinski definition) is 2. The zero-order chi connectivity index (χ0) is 21.3. The van der Waals surface area contributed by atoms with E-state index in [1.165, 1.54) is 0 Å². The maximum Gasteiger partial charge on any atom is 0.231 e. The summed E-state index contributed by atoms with van der Waals surface area (Å²) in [4.78, 5) is 16.8. The molecule has 7 nitrogen and oxygen atoms in total. The first-order valence-corrected chi connectivity index (χ1v) is 9.78. The number of ketones is 1. The molecule has 0 saturated heterocycles. The highest BCUT2D eigenvalue weighted by Crippen LogP contribution is 2.23. The van der Waals surface area contributed by atoms with Crippen molar-refractivity contribution in [3.63, 3.8) is 0 Å². The summed E-state index contributed by atoms with van der Waals surface area (Å²) in [6, 6.07) is 18.8. The van der Waals surface area contributed by atoms with E-state index in [1.807, 2.05) is 54.6 Å². The summed E-state index contributed by atoms with van der Waals surface area (Å²) in [5.74, 6) is 0.846. The van der Waals surface area contributed by atoms with Crippen molar-refractivity contribution in [2.45, 2.75) is 19.3 Å². The molecule has 0 saturated carbocycles. The Bertz CT molecular complexity index is 998. The number of carbonyl (C=O) groups is 1. The van der Waals surface area contributed by atoms with Crippen LogP contribution in [0, 0.1) is 0 Å². The van der Waals surface area contributed by atoms with Gasteiger partial charge in [-0.05, 0) is 24.0 Å². The van der Waals surface area contributed by atoms with Gasteiger partial charge in [-0.2, -0.15) is 0 Å². The van der Waals surface area contributed by atoms with Crippen molar-refractivity contribution < 1.29 is 14.1 Å². The van der Waals surface area contributed by atoms with Crippen LogP contribution in [0.1, 0.15) is 40.0 Å². The number of rotatable bonds is 9. The van der Waals surface area contributed by atoms with Gasteiger partial charge in [0.25, 0.3) is 0 Å². The number of nitrogens with two attached hydrogens (primary N) is 1. The number of anilines is 1. The fraction of sp³-hybridized carbons (Fsp3) is 0.261. The Balaban J connectivity index is 1.64. The van der Waals surface area contributed by atoms with Crippen LogP contribution < -0.4 is 11.1 Å². The number of carbonyl (C=O) groups excluding carboxylic acids is 1. The van der Waals surface area contributed by atoms with Gasteiger partial charge in [0.1, 0.15) is 0 Å². The van der Waals surface area contributed by atoms with E-state index in [1.54, 1.807) is 13.2 Å². The second-order valence-corrected chi connectivity index (χ2v) is 6.99. The summed E-state index contributed by atoms with van der Waals surface area (Å²) in [7, 11) is 1.61. The van der Waals surface area contributed by atoms with Crippen LogP contribution in [-0.4, -0.2) is 37.2 Å². The van der Waals surface area contributed by atoms with E-state index >= 15 is 0 Å². The summed E-state index contributed by atoms with van der Waals surface area (Å²) in [6.07, 6.45) is 0.662. The van der Waals surface area contributed by atoms with Gasteiger partial charge in [0.05, 0.1) is 18.8 Å². The number of ether oxygens (including phenoxy) is 1. The Morgan fingerprint density at radius 2 is 1.93 bits per heavy atom. The van der Waals surface area contributed by atoms with Gasteiger partial charge in [-0.25, -0.2) is 0 Å². The molecule has 0 aliphatic rings. The number of benzene rings is 2. The predicted molar refractivity (Wildman–Crippen MR) is 117 cm³/mol. The predicted octanol–water partition coefficient (Wildman–Crippen LogP) is 3.62. The highest BCUT2D eigenvalue weighted by Gasteiger charge is 2.14. The minimum absolute atomic E-state index is 0.0146. The van der Waals surface area contributed by atoms with E-state index in [0.29, 0.717) is 36.6 Å². The molecule has 0 aliphatic heterocycles. The largest absolute Gasteiger partial charge is 0.383 e. The molecule has 1 aromatic heterocycles. The van der Waals surface area contributed by atoms with E-state index in [9.17, 15) is 4.79 Å². The van der Waals surface area contributed by atoms with Crippen LogP contribution in [0.2, 0.25) is 0 Å². The Hall–Kier alpha value is -3.45. The maximum atomic E-state index is 12.7. The van der Waals surface area contributed by atoms with Gasteiger partial charge in [0.15, 0.2) is 11.7 Å². The summed E-state index contributed by atoms with van der Waals surface area (Å²) in [5, 5.41) is 6.97. The van der Waals surface area contributed by atoms with Gasteiger partial charge in [-0.3, -0.25) is 15.1 Å². The topological polar surface area (TPSA) is 103 Å². The molecule has 1 atom stereocenters. The van der Waals surface area contributed by atoms with Gasteiger partial charge in [0, 0.05) is 24.3 Å². The lowest BCUT2D eigenvalue weighted by Gasteiger charge is -2.11. The lowest BCUT2D eigenvalue weighted by molar-refractivity contribution is 0.103. The zero-order valence-electron chi connectivity index (χ0n) is 17.2. The van der Waals surface area contributed by atoms with Crippen molar-refractivity contribution in [2.75, 3.05) is 25.6 Å². The van der Waals surface area contributed by atoms with Crippen LogP contribution in [0.25, 0.3) is 0 Å². The quantitative estimate of drug-likeness (QED) is 0.243. The minimum Gasteiger partial charge on any atom is -0.383 e. The fourth-order valence-corrected chi connectivity index (χ4v) is 3.06. The molecular weight excluding hydrogens is 380 g/mol. The molecule has 1 unspecified atom stereocenters. The number of hydrogen-bond acceptors (Lipinski definition) is 5. The molecule has 3 aromatic rings. The van der Waals surface area contributed by atoms with Crippen LogP contribution >= 0.6 is 0 Å². The smallest absolute Gasteiger partial charge is 0.231 e. The number of aromatic nitrogens is 1. The highest BCUT2D eigenvalue weighted by atomic mass is 16.5. The molecule has 0 aliphatic carbocycles. The SMILES string of the molecule is COCCN=C(N)Nc1cc(CC(C)c2cccc(C(=O)c3ccccc3)c2)no1. The van der Waals surface area contributed by atoms with E-state index in [2.05, 4.69) is 22.4 Å². The van der Waals surface area contributed by atoms with E-state index < -0.39 is 0 Å². The van der Waals surface area contributed by atoms with Crippen LogP contribution in [0.15, 0.2) is 70.2 Å². The molecule has 156 valence electrons. The molecule has 0 bridgehead atoms. The maximum absolute atomic E-state index is 12.7. The van der Waals surface area contributed by atoms with Gasteiger partial charge in [-0.1, -0.05) is 60.6 Å². The van der Waals surface area contributed by atoms with Crippen LogP contribution in [-0.2, 0) is 11.2 Å². The standard InChI is InChI=1S/C23H26N4O3/c1-16(13-20-15-21(30-27-20)26-23(24)25-11-12-29-2)18-9-6-10-19(14-18)22(28)17-7-4-3-5-8-17/h3-10,14-16H,11-13H2,1-2H3,(H3,24,25,26). The van der Waals surface area contributed by atoms with Crippen molar-refractivity contribution in [1.82, 2.24) is 5.16 Å². The Morgan fingerprint density at radius 1 is 1.17 bits per heavy atom. The van der Waals surface area contributed by atoms with E-state index in [0.717, 1.165) is 11.3 Å². The molecule has 2 aromatic carbocycles. The van der Waals surface area contributed by atoms with Crippen LogP contribution in [0.5, 0.6) is 0 Å². The van der Waals surface area contributed by atoms with Gasteiger partial charge in [0.2, 0.25) is 5.88 Å². The third-order valence-electron chi connectivity index (χ3n) is 4.66. The summed E-state index contributed by atoms with van der Waals surface area (Å²) in [5.41, 5.74) is 9.01. The van der Waals surface area contributed by atoms with E-state index in [-0.39, 0.29) is 17.7 Å². The van der Waals surface area contributed by atoms with E-state index in [4.69, 9.17) is 15.0 Å². The third-order valence-corrected chi connectivity index (χ3v) is 4.66. The first-order chi connectivity index (χ1) is 14.6. The monoisotopic (exact) mass is 406 g/mol. The lowest BCUT2D eigenvalue weighted by atomic mass is 9.93. The molecule has 3 N–H and O–H groups in total. The molecule has 30 heavy (non-hydrogen) atoms. The normalized spacial score (nSPS) is 12.5. The molecule has 0 radical (unpaired) electrons. The average Bonchev–Trinajstić information content (AvgIpc) is 3.20. The minimum atomic E-state index is 0.0146.